The van der Waals surface area contributed by atoms with Crippen LogP contribution >= 0.6 is 0 Å². The first-order valence-corrected chi connectivity index (χ1v) is 10.2. The summed E-state index contributed by atoms with van der Waals surface area (Å²) in [5, 5.41) is 12.0. The average Bonchev–Trinajstić information content (AvgIpc) is 3.17. The molecule has 2 heterocycles. The van der Waals surface area contributed by atoms with Gasteiger partial charge < -0.3 is 9.72 Å². The van der Waals surface area contributed by atoms with Crippen molar-refractivity contribution in [1.29, 1.82) is 0 Å². The number of likely N-dealkylation sites (tertiary alicyclic amines) is 1. The number of piperidine rings is 1. The second-order valence-electron chi connectivity index (χ2n) is 7.75. The van der Waals surface area contributed by atoms with Crippen molar-refractivity contribution >= 4 is 22.6 Å². The van der Waals surface area contributed by atoms with Crippen molar-refractivity contribution in [2.24, 2.45) is 0 Å². The number of nitrogens with one attached hydrogen (secondary N) is 1. The molecule has 1 aliphatic heterocycles. The molecule has 7 nitrogen and oxygen atoms in total. The van der Waals surface area contributed by atoms with E-state index < -0.39 is 5.41 Å². The van der Waals surface area contributed by atoms with Crippen LogP contribution in [0.1, 0.15) is 30.9 Å². The van der Waals surface area contributed by atoms with Crippen LogP contribution in [0.2, 0.25) is 0 Å². The number of carbonyl (C=O) groups is 1. The Bertz CT molecular complexity index is 1050. The van der Waals surface area contributed by atoms with E-state index >= 15 is 0 Å². The van der Waals surface area contributed by atoms with E-state index in [9.17, 15) is 14.9 Å². The third-order valence-corrected chi connectivity index (χ3v) is 6.06. The van der Waals surface area contributed by atoms with Crippen LogP contribution in [0.15, 0.2) is 54.7 Å². The van der Waals surface area contributed by atoms with E-state index in [-0.39, 0.29) is 16.6 Å². The van der Waals surface area contributed by atoms with Crippen LogP contribution in [-0.2, 0) is 21.5 Å². The fourth-order valence-electron chi connectivity index (χ4n) is 4.38. The number of hydrogen-bond acceptors (Lipinski definition) is 5. The number of ether oxygens (including phenoxy) is 1. The molecular formula is C23H25N3O4. The van der Waals surface area contributed by atoms with Gasteiger partial charge in [-0.05, 0) is 50.0 Å². The highest BCUT2D eigenvalue weighted by Gasteiger charge is 2.44. The quantitative estimate of drug-likeness (QED) is 0.376. The molecule has 30 heavy (non-hydrogen) atoms. The number of hydrogen-bond donors (Lipinski definition) is 1. The van der Waals surface area contributed by atoms with Crippen molar-refractivity contribution in [3.63, 3.8) is 0 Å². The number of carbonyl (C=O) groups excluding carboxylic acids is 1. The van der Waals surface area contributed by atoms with Crippen LogP contribution in [0.25, 0.3) is 10.9 Å². The van der Waals surface area contributed by atoms with Crippen molar-refractivity contribution < 1.29 is 14.5 Å². The number of benzene rings is 2. The zero-order valence-corrected chi connectivity index (χ0v) is 17.0. The Morgan fingerprint density at radius 1 is 1.20 bits per heavy atom. The van der Waals surface area contributed by atoms with Gasteiger partial charge in [0.25, 0.3) is 5.69 Å². The Balaban J connectivity index is 1.53. The highest BCUT2D eigenvalue weighted by Crippen LogP contribution is 2.37. The van der Waals surface area contributed by atoms with E-state index in [4.69, 9.17) is 4.74 Å². The molecule has 1 aromatic heterocycles. The van der Waals surface area contributed by atoms with Gasteiger partial charge in [-0.2, -0.15) is 0 Å². The molecule has 4 rings (SSSR count). The SMILES string of the molecule is CCOC(=O)C1(c2ccccc2)CCN(Cc2c[nH]c3ccc([N+](=O)[O-])cc23)CC1. The highest BCUT2D eigenvalue weighted by molar-refractivity contribution is 5.85. The lowest BCUT2D eigenvalue weighted by atomic mass is 9.72. The summed E-state index contributed by atoms with van der Waals surface area (Å²) in [7, 11) is 0. The fraction of sp³-hybridized carbons (Fsp3) is 0.348. The normalized spacial score (nSPS) is 16.4. The molecule has 1 fully saturated rings. The number of H-pyrrole nitrogens is 1. The summed E-state index contributed by atoms with van der Waals surface area (Å²) in [5.74, 6) is -0.154. The predicted molar refractivity (Wildman–Crippen MR) is 114 cm³/mol. The van der Waals surface area contributed by atoms with Crippen LogP contribution < -0.4 is 0 Å². The van der Waals surface area contributed by atoms with Gasteiger partial charge in [0.15, 0.2) is 0 Å². The predicted octanol–water partition coefficient (Wildman–Crippen LogP) is 4.17. The number of esters is 1. The summed E-state index contributed by atoms with van der Waals surface area (Å²) >= 11 is 0. The summed E-state index contributed by atoms with van der Waals surface area (Å²) in [4.78, 5) is 29.2. The van der Waals surface area contributed by atoms with Gasteiger partial charge in [-0.15, -0.1) is 0 Å². The highest BCUT2D eigenvalue weighted by atomic mass is 16.6. The lowest BCUT2D eigenvalue weighted by molar-refractivity contribution is -0.384. The molecule has 1 aliphatic rings. The van der Waals surface area contributed by atoms with Crippen molar-refractivity contribution in [2.75, 3.05) is 19.7 Å². The molecule has 3 aromatic rings. The number of non-ortho nitro benzene ring substituents is 1. The summed E-state index contributed by atoms with van der Waals surface area (Å²) in [6.07, 6.45) is 3.27. The third kappa shape index (κ3) is 3.68. The summed E-state index contributed by atoms with van der Waals surface area (Å²) in [5.41, 5.74) is 2.39. The van der Waals surface area contributed by atoms with Gasteiger partial charge in [-0.1, -0.05) is 30.3 Å². The molecule has 0 aliphatic carbocycles. The van der Waals surface area contributed by atoms with Crippen LogP contribution in [-0.4, -0.2) is 40.5 Å². The monoisotopic (exact) mass is 407 g/mol. The van der Waals surface area contributed by atoms with Gasteiger partial charge in [0.2, 0.25) is 0 Å². The first-order chi connectivity index (χ1) is 14.5. The number of aromatic amines is 1. The molecule has 7 heteroatoms. The molecule has 0 radical (unpaired) electrons. The maximum Gasteiger partial charge on any atom is 0.316 e. The third-order valence-electron chi connectivity index (χ3n) is 6.06. The van der Waals surface area contributed by atoms with Crippen molar-refractivity contribution in [2.45, 2.75) is 31.7 Å². The second kappa shape index (κ2) is 8.28. The van der Waals surface area contributed by atoms with E-state index in [1.54, 1.807) is 12.1 Å². The lowest BCUT2D eigenvalue weighted by Crippen LogP contribution is -2.47. The van der Waals surface area contributed by atoms with Crippen molar-refractivity contribution in [3.8, 4) is 0 Å². The number of nitro groups is 1. The van der Waals surface area contributed by atoms with E-state index in [1.807, 2.05) is 43.5 Å². The largest absolute Gasteiger partial charge is 0.465 e. The number of rotatable bonds is 6. The minimum atomic E-state index is -0.618. The Morgan fingerprint density at radius 3 is 2.60 bits per heavy atom. The number of fused-ring (bicyclic) bond motifs is 1. The lowest BCUT2D eigenvalue weighted by Gasteiger charge is -2.40. The molecule has 0 unspecified atom stereocenters. The fourth-order valence-corrected chi connectivity index (χ4v) is 4.38. The average molecular weight is 407 g/mol. The molecule has 2 aromatic carbocycles. The van der Waals surface area contributed by atoms with Gasteiger partial charge in [0.1, 0.15) is 0 Å². The van der Waals surface area contributed by atoms with E-state index in [0.717, 1.165) is 35.1 Å². The zero-order valence-electron chi connectivity index (χ0n) is 17.0. The minimum Gasteiger partial charge on any atom is -0.465 e. The summed E-state index contributed by atoms with van der Waals surface area (Å²) in [6, 6.07) is 14.8. The molecule has 0 saturated carbocycles. The number of nitrogens with zero attached hydrogens (tertiary/aromatic N) is 2. The molecule has 156 valence electrons. The van der Waals surface area contributed by atoms with Gasteiger partial charge in [-0.25, -0.2) is 0 Å². The summed E-state index contributed by atoms with van der Waals surface area (Å²) in [6.45, 7) is 4.37. The Kier molecular flexibility index (Phi) is 5.55. The van der Waals surface area contributed by atoms with E-state index in [1.165, 1.54) is 6.07 Å². The van der Waals surface area contributed by atoms with Gasteiger partial charge in [-0.3, -0.25) is 19.8 Å². The van der Waals surface area contributed by atoms with Gasteiger partial charge in [0.05, 0.1) is 16.9 Å². The molecule has 0 bridgehead atoms. The number of aromatic nitrogens is 1. The van der Waals surface area contributed by atoms with E-state index in [2.05, 4.69) is 9.88 Å². The van der Waals surface area contributed by atoms with Gasteiger partial charge in [0, 0.05) is 35.8 Å². The Hall–Kier alpha value is -3.19. The van der Waals surface area contributed by atoms with Crippen molar-refractivity contribution in [3.05, 3.63) is 76.0 Å². The molecular weight excluding hydrogens is 382 g/mol. The maximum atomic E-state index is 12.9. The van der Waals surface area contributed by atoms with Crippen LogP contribution in [0.5, 0.6) is 0 Å². The zero-order chi connectivity index (χ0) is 21.1. The van der Waals surface area contributed by atoms with Crippen LogP contribution in [0, 0.1) is 10.1 Å². The Labute approximate surface area is 174 Å². The second-order valence-corrected chi connectivity index (χ2v) is 7.75. The van der Waals surface area contributed by atoms with Crippen LogP contribution in [0.3, 0.4) is 0 Å². The molecule has 1 saturated heterocycles. The van der Waals surface area contributed by atoms with Crippen molar-refractivity contribution in [1.82, 2.24) is 9.88 Å². The smallest absolute Gasteiger partial charge is 0.316 e. The maximum absolute atomic E-state index is 12.9. The summed E-state index contributed by atoms with van der Waals surface area (Å²) < 4.78 is 5.45. The van der Waals surface area contributed by atoms with Gasteiger partial charge >= 0.3 is 5.97 Å². The molecule has 0 spiro atoms. The number of nitro benzene ring substituents is 1. The minimum absolute atomic E-state index is 0.0902. The molecule has 0 atom stereocenters. The topological polar surface area (TPSA) is 88.5 Å². The van der Waals surface area contributed by atoms with E-state index in [0.29, 0.717) is 26.0 Å². The Morgan fingerprint density at radius 2 is 1.93 bits per heavy atom. The standard InChI is InChI=1S/C23H25N3O4/c1-2-30-22(27)23(18-6-4-3-5-7-18)10-12-25(13-11-23)16-17-15-24-21-9-8-19(26(28)29)14-20(17)21/h3-9,14-15,24H,2,10-13,16H2,1H3. The molecule has 0 amide bonds. The van der Waals surface area contributed by atoms with Crippen LogP contribution in [0.4, 0.5) is 5.69 Å². The first-order valence-electron chi connectivity index (χ1n) is 10.2. The molecule has 1 N–H and O–H groups in total. The first kappa shape index (κ1) is 20.1.